The second-order valence-electron chi connectivity index (χ2n) is 3.87. The molecule has 1 fully saturated rings. The van der Waals surface area contributed by atoms with Crippen molar-refractivity contribution in [1.29, 1.82) is 0 Å². The van der Waals surface area contributed by atoms with Gasteiger partial charge in [-0.3, -0.25) is 4.79 Å². The van der Waals surface area contributed by atoms with Crippen LogP contribution >= 0.6 is 0 Å². The molecule has 0 unspecified atom stereocenters. The van der Waals surface area contributed by atoms with Crippen molar-refractivity contribution in [3.05, 3.63) is 35.4 Å². The molecule has 0 saturated carbocycles. The van der Waals surface area contributed by atoms with Crippen molar-refractivity contribution >= 4 is 5.91 Å². The third-order valence-corrected chi connectivity index (χ3v) is 2.73. The van der Waals surface area contributed by atoms with E-state index < -0.39 is 17.7 Å². The smallest absolute Gasteiger partial charge is 0.239 e. The minimum absolute atomic E-state index is 0.0795. The maximum atomic E-state index is 13.3. The van der Waals surface area contributed by atoms with E-state index in [-0.39, 0.29) is 18.0 Å². The first-order valence-electron chi connectivity index (χ1n) is 5.07. The Labute approximate surface area is 91.8 Å². The van der Waals surface area contributed by atoms with Crippen LogP contribution in [0.1, 0.15) is 12.0 Å². The van der Waals surface area contributed by atoms with Crippen molar-refractivity contribution < 1.29 is 13.6 Å². The summed E-state index contributed by atoms with van der Waals surface area (Å²) in [5, 5.41) is 0. The number of likely N-dealkylation sites (tertiary alicyclic amines) is 1. The Bertz CT molecular complexity index is 422. The zero-order valence-electron chi connectivity index (χ0n) is 8.62. The summed E-state index contributed by atoms with van der Waals surface area (Å²) in [7, 11) is 0. The van der Waals surface area contributed by atoms with Gasteiger partial charge in [0, 0.05) is 18.7 Å². The van der Waals surface area contributed by atoms with Crippen LogP contribution in [0.4, 0.5) is 8.78 Å². The molecule has 0 bridgehead atoms. The van der Waals surface area contributed by atoms with Crippen molar-refractivity contribution in [3.63, 3.8) is 0 Å². The first kappa shape index (κ1) is 11.0. The van der Waals surface area contributed by atoms with Crippen LogP contribution in [-0.2, 0) is 11.3 Å². The molecule has 16 heavy (non-hydrogen) atoms. The molecule has 3 nitrogen and oxygen atoms in total. The molecule has 1 aromatic carbocycles. The quantitative estimate of drug-likeness (QED) is 0.818. The van der Waals surface area contributed by atoms with Gasteiger partial charge in [0.25, 0.3) is 0 Å². The minimum Gasteiger partial charge on any atom is -0.337 e. The highest BCUT2D eigenvalue weighted by Crippen LogP contribution is 2.17. The number of benzene rings is 1. The van der Waals surface area contributed by atoms with Crippen LogP contribution in [0.25, 0.3) is 0 Å². The van der Waals surface area contributed by atoms with E-state index in [0.717, 1.165) is 6.07 Å². The molecule has 86 valence electrons. The largest absolute Gasteiger partial charge is 0.337 e. The Hall–Kier alpha value is -1.49. The van der Waals surface area contributed by atoms with Crippen LogP contribution in [-0.4, -0.2) is 23.4 Å². The predicted octanol–water partition coefficient (Wildman–Crippen LogP) is 1.02. The number of rotatable bonds is 2. The summed E-state index contributed by atoms with van der Waals surface area (Å²) in [5.74, 6) is -1.99. The zero-order valence-corrected chi connectivity index (χ0v) is 8.62. The maximum Gasteiger partial charge on any atom is 0.239 e. The average Bonchev–Trinajstić information content (AvgIpc) is 2.57. The molecule has 1 amide bonds. The van der Waals surface area contributed by atoms with Crippen molar-refractivity contribution in [2.45, 2.75) is 19.0 Å². The van der Waals surface area contributed by atoms with Gasteiger partial charge in [0.1, 0.15) is 0 Å². The molecule has 1 atom stereocenters. The molecule has 0 spiro atoms. The van der Waals surface area contributed by atoms with Gasteiger partial charge >= 0.3 is 0 Å². The van der Waals surface area contributed by atoms with Crippen LogP contribution in [0.3, 0.4) is 0 Å². The van der Waals surface area contributed by atoms with Crippen molar-refractivity contribution in [2.75, 3.05) is 6.54 Å². The lowest BCUT2D eigenvalue weighted by molar-refractivity contribution is -0.129. The SMILES string of the molecule is N[C@H]1CCN(Cc2cccc(F)c2F)C1=O. The summed E-state index contributed by atoms with van der Waals surface area (Å²) in [6.07, 6.45) is 0.565. The normalized spacial score (nSPS) is 20.6. The molecule has 5 heteroatoms. The van der Waals surface area contributed by atoms with Crippen LogP contribution in [0.15, 0.2) is 18.2 Å². The van der Waals surface area contributed by atoms with Crippen molar-refractivity contribution in [1.82, 2.24) is 4.90 Å². The molecular formula is C11H12F2N2O. The molecular weight excluding hydrogens is 214 g/mol. The topological polar surface area (TPSA) is 46.3 Å². The Morgan fingerprint density at radius 2 is 2.19 bits per heavy atom. The van der Waals surface area contributed by atoms with E-state index in [2.05, 4.69) is 0 Å². The van der Waals surface area contributed by atoms with Gasteiger partial charge in [-0.15, -0.1) is 0 Å². The summed E-state index contributed by atoms with van der Waals surface area (Å²) >= 11 is 0. The van der Waals surface area contributed by atoms with Crippen LogP contribution in [0, 0.1) is 11.6 Å². The van der Waals surface area contributed by atoms with E-state index in [0.29, 0.717) is 13.0 Å². The van der Waals surface area contributed by atoms with Gasteiger partial charge in [-0.05, 0) is 12.5 Å². The number of amides is 1. The van der Waals surface area contributed by atoms with E-state index in [1.165, 1.54) is 17.0 Å². The molecule has 0 radical (unpaired) electrons. The number of nitrogens with two attached hydrogens (primary N) is 1. The summed E-state index contributed by atoms with van der Waals surface area (Å²) in [5.41, 5.74) is 5.71. The van der Waals surface area contributed by atoms with Crippen LogP contribution < -0.4 is 5.73 Å². The molecule has 1 aliphatic heterocycles. The highest BCUT2D eigenvalue weighted by molar-refractivity contribution is 5.83. The van der Waals surface area contributed by atoms with Crippen molar-refractivity contribution in [2.24, 2.45) is 5.73 Å². The predicted molar refractivity (Wildman–Crippen MR) is 54.4 cm³/mol. The summed E-state index contributed by atoms with van der Waals surface area (Å²) < 4.78 is 26.3. The van der Waals surface area contributed by atoms with Gasteiger partial charge in [-0.25, -0.2) is 8.78 Å². The fraction of sp³-hybridized carbons (Fsp3) is 0.364. The lowest BCUT2D eigenvalue weighted by Crippen LogP contribution is -2.33. The van der Waals surface area contributed by atoms with Gasteiger partial charge in [0.05, 0.1) is 6.04 Å². The lowest BCUT2D eigenvalue weighted by Gasteiger charge is -2.16. The van der Waals surface area contributed by atoms with E-state index in [1.54, 1.807) is 0 Å². The standard InChI is InChI=1S/C11H12F2N2O/c12-8-3-1-2-7(10(8)13)6-15-5-4-9(14)11(15)16/h1-3,9H,4-6,14H2/t9-/m0/s1. The first-order chi connectivity index (χ1) is 7.59. The van der Waals surface area contributed by atoms with Gasteiger partial charge in [0.15, 0.2) is 11.6 Å². The third kappa shape index (κ3) is 1.90. The maximum absolute atomic E-state index is 13.3. The van der Waals surface area contributed by atoms with Gasteiger partial charge in [-0.1, -0.05) is 12.1 Å². The van der Waals surface area contributed by atoms with Gasteiger partial charge in [-0.2, -0.15) is 0 Å². The average molecular weight is 226 g/mol. The third-order valence-electron chi connectivity index (χ3n) is 2.73. The van der Waals surface area contributed by atoms with E-state index >= 15 is 0 Å². The number of hydrogen-bond donors (Lipinski definition) is 1. The van der Waals surface area contributed by atoms with Gasteiger partial charge < -0.3 is 10.6 Å². The summed E-state index contributed by atoms with van der Waals surface area (Å²) in [4.78, 5) is 12.9. The number of hydrogen-bond acceptors (Lipinski definition) is 2. The fourth-order valence-electron chi connectivity index (χ4n) is 1.80. The van der Waals surface area contributed by atoms with Crippen LogP contribution in [0.2, 0.25) is 0 Å². The molecule has 2 N–H and O–H groups in total. The molecule has 0 aliphatic carbocycles. The summed E-state index contributed by atoms with van der Waals surface area (Å²) in [6.45, 7) is 0.575. The molecule has 1 aromatic rings. The molecule has 0 aromatic heterocycles. The number of halogens is 2. The number of nitrogens with zero attached hydrogens (tertiary/aromatic N) is 1. The molecule has 2 rings (SSSR count). The summed E-state index contributed by atoms with van der Waals surface area (Å²) in [6, 6.07) is 3.44. The highest BCUT2D eigenvalue weighted by Gasteiger charge is 2.28. The number of carbonyl (C=O) groups is 1. The second kappa shape index (κ2) is 4.17. The second-order valence-corrected chi connectivity index (χ2v) is 3.87. The Kier molecular flexibility index (Phi) is 2.87. The Morgan fingerprint density at radius 1 is 1.44 bits per heavy atom. The van der Waals surface area contributed by atoms with Gasteiger partial charge in [0.2, 0.25) is 5.91 Å². The van der Waals surface area contributed by atoms with E-state index in [9.17, 15) is 13.6 Å². The molecule has 1 saturated heterocycles. The lowest BCUT2D eigenvalue weighted by atomic mass is 10.2. The highest BCUT2D eigenvalue weighted by atomic mass is 19.2. The fourth-order valence-corrected chi connectivity index (χ4v) is 1.80. The van der Waals surface area contributed by atoms with E-state index in [4.69, 9.17) is 5.73 Å². The Balaban J connectivity index is 2.16. The Morgan fingerprint density at radius 3 is 2.81 bits per heavy atom. The van der Waals surface area contributed by atoms with E-state index in [1.807, 2.05) is 0 Å². The molecule has 1 heterocycles. The van der Waals surface area contributed by atoms with Crippen LogP contribution in [0.5, 0.6) is 0 Å². The monoisotopic (exact) mass is 226 g/mol. The van der Waals surface area contributed by atoms with Crippen molar-refractivity contribution in [3.8, 4) is 0 Å². The first-order valence-corrected chi connectivity index (χ1v) is 5.07. The zero-order chi connectivity index (χ0) is 11.7. The number of carbonyl (C=O) groups excluding carboxylic acids is 1. The molecule has 1 aliphatic rings. The minimum atomic E-state index is -0.895.